The van der Waals surface area contributed by atoms with Gasteiger partial charge in [0.25, 0.3) is 5.91 Å². The van der Waals surface area contributed by atoms with E-state index in [4.69, 9.17) is 4.74 Å². The van der Waals surface area contributed by atoms with Crippen LogP contribution in [0.4, 0.5) is 4.79 Å². The van der Waals surface area contributed by atoms with Crippen molar-refractivity contribution in [1.82, 2.24) is 16.0 Å². The molecule has 1 aromatic rings. The van der Waals surface area contributed by atoms with E-state index < -0.39 is 24.5 Å². The Labute approximate surface area is 163 Å². The van der Waals surface area contributed by atoms with E-state index in [9.17, 15) is 19.2 Å². The summed E-state index contributed by atoms with van der Waals surface area (Å²) in [6, 6.07) is 8.84. The van der Waals surface area contributed by atoms with Gasteiger partial charge in [-0.25, -0.2) is 4.79 Å². The first kappa shape index (κ1) is 21.1. The highest BCUT2D eigenvalue weighted by atomic mass is 16.5. The van der Waals surface area contributed by atoms with Gasteiger partial charge in [0.05, 0.1) is 6.42 Å². The summed E-state index contributed by atoms with van der Waals surface area (Å²) in [5, 5.41) is 7.38. The fraction of sp³-hybridized carbons (Fsp3) is 0.400. The Hall–Kier alpha value is -3.16. The minimum atomic E-state index is -0.696. The molecule has 2 rings (SSSR count). The van der Waals surface area contributed by atoms with Gasteiger partial charge in [0.15, 0.2) is 6.61 Å². The molecule has 0 bridgehead atoms. The van der Waals surface area contributed by atoms with Crippen molar-refractivity contribution >= 4 is 29.9 Å². The molecule has 1 fully saturated rings. The molecule has 0 aromatic heterocycles. The molecule has 0 spiro atoms. The summed E-state index contributed by atoms with van der Waals surface area (Å²) in [5.41, 5.74) is 0.889. The number of carbonyl (C=O) groups is 4. The Morgan fingerprint density at radius 2 is 1.79 bits per heavy atom. The van der Waals surface area contributed by atoms with Crippen molar-refractivity contribution in [2.45, 2.75) is 38.1 Å². The number of urea groups is 1. The zero-order valence-corrected chi connectivity index (χ0v) is 15.6. The van der Waals surface area contributed by atoms with Crippen LogP contribution in [0, 0.1) is 0 Å². The molecule has 0 radical (unpaired) electrons. The first-order chi connectivity index (χ1) is 13.5. The Balaban J connectivity index is 1.55. The van der Waals surface area contributed by atoms with Gasteiger partial charge in [0.2, 0.25) is 5.91 Å². The number of hydrogen-bond donors (Lipinski definition) is 3. The number of rotatable bonds is 8. The largest absolute Gasteiger partial charge is 0.456 e. The molecular weight excluding hydrogens is 362 g/mol. The second-order valence-electron chi connectivity index (χ2n) is 6.45. The van der Waals surface area contributed by atoms with Crippen LogP contribution < -0.4 is 16.0 Å². The van der Waals surface area contributed by atoms with Gasteiger partial charge < -0.3 is 15.4 Å². The van der Waals surface area contributed by atoms with Crippen molar-refractivity contribution in [2.75, 3.05) is 13.2 Å². The van der Waals surface area contributed by atoms with Crippen LogP contribution in [0.25, 0.3) is 6.08 Å². The first-order valence-electron chi connectivity index (χ1n) is 9.30. The zero-order chi connectivity index (χ0) is 20.2. The van der Waals surface area contributed by atoms with Crippen molar-refractivity contribution in [3.63, 3.8) is 0 Å². The van der Waals surface area contributed by atoms with Crippen LogP contribution in [-0.2, 0) is 19.1 Å². The van der Waals surface area contributed by atoms with Gasteiger partial charge >= 0.3 is 12.0 Å². The third-order valence-electron chi connectivity index (χ3n) is 4.16. The van der Waals surface area contributed by atoms with Crippen molar-refractivity contribution in [1.29, 1.82) is 0 Å². The Morgan fingerprint density at radius 3 is 2.50 bits per heavy atom. The summed E-state index contributed by atoms with van der Waals surface area (Å²) in [6.07, 6.45) is 6.90. The van der Waals surface area contributed by atoms with E-state index in [0.29, 0.717) is 0 Å². The smallest absolute Gasteiger partial charge is 0.321 e. The number of hydrogen-bond acceptors (Lipinski definition) is 5. The third kappa shape index (κ3) is 8.48. The molecule has 28 heavy (non-hydrogen) atoms. The molecule has 1 aliphatic carbocycles. The second kappa shape index (κ2) is 11.5. The van der Waals surface area contributed by atoms with E-state index in [1.54, 1.807) is 6.08 Å². The average Bonchev–Trinajstić information content (AvgIpc) is 3.18. The van der Waals surface area contributed by atoms with Crippen LogP contribution in [-0.4, -0.2) is 43.0 Å². The van der Waals surface area contributed by atoms with Crippen LogP contribution in [0.1, 0.15) is 37.7 Å². The number of ether oxygens (including phenoxy) is 1. The number of benzene rings is 1. The molecular formula is C20H25N3O5. The highest BCUT2D eigenvalue weighted by Crippen LogP contribution is 2.17. The third-order valence-corrected chi connectivity index (χ3v) is 4.16. The van der Waals surface area contributed by atoms with Gasteiger partial charge in [0.1, 0.15) is 0 Å². The maximum atomic E-state index is 11.7. The summed E-state index contributed by atoms with van der Waals surface area (Å²) < 4.78 is 4.79. The molecule has 8 heteroatoms. The van der Waals surface area contributed by atoms with E-state index in [-0.39, 0.29) is 24.9 Å². The lowest BCUT2D eigenvalue weighted by Crippen LogP contribution is -2.45. The number of amides is 4. The molecule has 4 amide bonds. The molecule has 1 aromatic carbocycles. The molecule has 0 atom stereocenters. The van der Waals surface area contributed by atoms with Crippen molar-refractivity contribution in [2.24, 2.45) is 0 Å². The number of carbonyl (C=O) groups excluding carboxylic acids is 4. The average molecular weight is 387 g/mol. The van der Waals surface area contributed by atoms with Crippen LogP contribution in [0.3, 0.4) is 0 Å². The quantitative estimate of drug-likeness (QED) is 0.462. The number of esters is 1. The Kier molecular flexibility index (Phi) is 8.71. The van der Waals surface area contributed by atoms with Gasteiger partial charge in [-0.3, -0.25) is 19.7 Å². The van der Waals surface area contributed by atoms with E-state index in [1.165, 1.54) is 6.08 Å². The molecule has 3 N–H and O–H groups in total. The lowest BCUT2D eigenvalue weighted by Gasteiger charge is -2.12. The molecule has 150 valence electrons. The Bertz CT molecular complexity index is 712. The summed E-state index contributed by atoms with van der Waals surface area (Å²) in [7, 11) is 0. The lowest BCUT2D eigenvalue weighted by atomic mass is 10.2. The topological polar surface area (TPSA) is 114 Å². The first-order valence-corrected chi connectivity index (χ1v) is 9.30. The molecule has 0 aliphatic heterocycles. The van der Waals surface area contributed by atoms with Gasteiger partial charge in [-0.1, -0.05) is 43.2 Å². The van der Waals surface area contributed by atoms with E-state index in [0.717, 1.165) is 31.2 Å². The molecule has 1 aliphatic rings. The van der Waals surface area contributed by atoms with Gasteiger partial charge in [-0.05, 0) is 24.5 Å². The highest BCUT2D eigenvalue weighted by molar-refractivity contribution is 5.95. The predicted octanol–water partition coefficient (Wildman–Crippen LogP) is 1.52. The maximum Gasteiger partial charge on any atom is 0.321 e. The lowest BCUT2D eigenvalue weighted by molar-refractivity contribution is -0.148. The molecule has 1 saturated carbocycles. The normalized spacial score (nSPS) is 13.9. The SMILES string of the molecule is O=C(/C=C/c1ccccc1)NCCC(=O)OCC(=O)NC(=O)NC1CCCC1. The summed E-state index contributed by atoms with van der Waals surface area (Å²) in [4.78, 5) is 46.5. The van der Waals surface area contributed by atoms with Gasteiger partial charge in [-0.15, -0.1) is 0 Å². The molecule has 0 unspecified atom stereocenters. The van der Waals surface area contributed by atoms with E-state index >= 15 is 0 Å². The van der Waals surface area contributed by atoms with Crippen molar-refractivity contribution in [3.8, 4) is 0 Å². The summed E-state index contributed by atoms with van der Waals surface area (Å²) >= 11 is 0. The standard InChI is InChI=1S/C20H25N3O5/c24-17(11-10-15-6-2-1-3-7-15)21-13-12-19(26)28-14-18(25)23-20(27)22-16-8-4-5-9-16/h1-3,6-7,10-11,16H,4-5,8-9,12-14H2,(H,21,24)(H2,22,23,25,27)/b11-10+. The molecule has 0 saturated heterocycles. The minimum absolute atomic E-state index is 0.0769. The monoisotopic (exact) mass is 387 g/mol. The maximum absolute atomic E-state index is 11.7. The zero-order valence-electron chi connectivity index (χ0n) is 15.6. The second-order valence-corrected chi connectivity index (χ2v) is 6.45. The molecule has 8 nitrogen and oxygen atoms in total. The molecule has 0 heterocycles. The van der Waals surface area contributed by atoms with E-state index in [2.05, 4.69) is 16.0 Å². The fourth-order valence-electron chi connectivity index (χ4n) is 2.76. The van der Waals surface area contributed by atoms with Gasteiger partial charge in [0, 0.05) is 18.7 Å². The Morgan fingerprint density at radius 1 is 1.07 bits per heavy atom. The number of imide groups is 1. The minimum Gasteiger partial charge on any atom is -0.456 e. The van der Waals surface area contributed by atoms with Crippen molar-refractivity contribution < 1.29 is 23.9 Å². The number of nitrogens with one attached hydrogen (secondary N) is 3. The van der Waals surface area contributed by atoms with Crippen LogP contribution in [0.15, 0.2) is 36.4 Å². The predicted molar refractivity (Wildman–Crippen MR) is 103 cm³/mol. The van der Waals surface area contributed by atoms with Crippen molar-refractivity contribution in [3.05, 3.63) is 42.0 Å². The fourth-order valence-corrected chi connectivity index (χ4v) is 2.76. The summed E-state index contributed by atoms with van der Waals surface area (Å²) in [6.45, 7) is -0.459. The highest BCUT2D eigenvalue weighted by Gasteiger charge is 2.18. The van der Waals surface area contributed by atoms with E-state index in [1.807, 2.05) is 30.3 Å². The van der Waals surface area contributed by atoms with Crippen LogP contribution >= 0.6 is 0 Å². The van der Waals surface area contributed by atoms with Crippen LogP contribution in [0.5, 0.6) is 0 Å². The van der Waals surface area contributed by atoms with Crippen LogP contribution in [0.2, 0.25) is 0 Å². The van der Waals surface area contributed by atoms with Gasteiger partial charge in [-0.2, -0.15) is 0 Å². The summed E-state index contributed by atoms with van der Waals surface area (Å²) in [5.74, 6) is -1.67.